The smallest absolute Gasteiger partial charge is 0.243 e. The molecule has 0 aromatic heterocycles. The van der Waals surface area contributed by atoms with Gasteiger partial charge in [0.2, 0.25) is 15.9 Å². The van der Waals surface area contributed by atoms with E-state index in [0.29, 0.717) is 24.2 Å². The van der Waals surface area contributed by atoms with Gasteiger partial charge >= 0.3 is 0 Å². The minimum absolute atomic E-state index is 0.233. The number of para-hydroxylation sites is 1. The quantitative estimate of drug-likeness (QED) is 0.384. The zero-order chi connectivity index (χ0) is 25.0. The summed E-state index contributed by atoms with van der Waals surface area (Å²) in [5.74, 6) is -0.341. The predicted molar refractivity (Wildman–Crippen MR) is 134 cm³/mol. The van der Waals surface area contributed by atoms with Crippen LogP contribution in [0.2, 0.25) is 0 Å². The lowest BCUT2D eigenvalue weighted by Crippen LogP contribution is -2.41. The third kappa shape index (κ3) is 5.21. The van der Waals surface area contributed by atoms with E-state index in [2.05, 4.69) is 5.32 Å². The van der Waals surface area contributed by atoms with Gasteiger partial charge in [-0.2, -0.15) is 4.31 Å². The van der Waals surface area contributed by atoms with E-state index in [1.54, 1.807) is 79.9 Å². The molecule has 3 N–H and O–H groups in total. The van der Waals surface area contributed by atoms with Crippen LogP contribution in [0.15, 0.2) is 77.7 Å². The molecule has 8 nitrogen and oxygen atoms in total. The van der Waals surface area contributed by atoms with Crippen molar-refractivity contribution in [2.45, 2.75) is 17.7 Å². The van der Waals surface area contributed by atoms with E-state index >= 15 is 0 Å². The monoisotopic (exact) mass is 493 g/mol. The van der Waals surface area contributed by atoms with Crippen molar-refractivity contribution in [2.24, 2.45) is 5.92 Å². The Morgan fingerprint density at radius 2 is 1.60 bits per heavy atom. The van der Waals surface area contributed by atoms with Crippen molar-refractivity contribution in [3.05, 3.63) is 83.9 Å². The number of methoxy groups -OCH3 is 1. The normalized spacial score (nSPS) is 14.9. The molecule has 3 aromatic carbocycles. The molecule has 0 saturated carbocycles. The van der Waals surface area contributed by atoms with Crippen LogP contribution in [0.3, 0.4) is 0 Å². The Kier molecular flexibility index (Phi) is 7.18. The summed E-state index contributed by atoms with van der Waals surface area (Å²) in [7, 11) is -2.06. The Labute approximate surface area is 204 Å². The number of carbonyl (C=O) groups is 2. The van der Waals surface area contributed by atoms with Gasteiger partial charge in [-0.25, -0.2) is 8.42 Å². The third-order valence-corrected chi connectivity index (χ3v) is 8.06. The number of hydrogen-bond acceptors (Lipinski definition) is 6. The van der Waals surface area contributed by atoms with Gasteiger partial charge in [-0.3, -0.25) is 9.59 Å². The fourth-order valence-electron chi connectivity index (χ4n) is 4.12. The minimum atomic E-state index is -3.60. The number of ether oxygens (including phenoxy) is 1. The highest BCUT2D eigenvalue weighted by Crippen LogP contribution is 2.29. The number of rotatable bonds is 7. The first-order valence-electron chi connectivity index (χ1n) is 11.2. The van der Waals surface area contributed by atoms with Crippen LogP contribution >= 0.6 is 0 Å². The first kappa shape index (κ1) is 24.4. The number of nitrogen functional groups attached to an aromatic ring is 1. The van der Waals surface area contributed by atoms with Crippen molar-refractivity contribution in [1.29, 1.82) is 0 Å². The molecule has 3 aromatic rings. The summed E-state index contributed by atoms with van der Waals surface area (Å²) in [5, 5.41) is 2.83. The highest BCUT2D eigenvalue weighted by atomic mass is 32.2. The Morgan fingerprint density at radius 3 is 2.23 bits per heavy atom. The minimum Gasteiger partial charge on any atom is -0.497 e. The first-order chi connectivity index (χ1) is 16.8. The Balaban J connectivity index is 1.47. The van der Waals surface area contributed by atoms with E-state index in [1.165, 1.54) is 4.31 Å². The van der Waals surface area contributed by atoms with Crippen molar-refractivity contribution in [3.8, 4) is 5.75 Å². The van der Waals surface area contributed by atoms with E-state index in [9.17, 15) is 18.0 Å². The molecule has 0 bridgehead atoms. The zero-order valence-corrected chi connectivity index (χ0v) is 20.1. The number of benzene rings is 3. The van der Waals surface area contributed by atoms with Crippen LogP contribution in [0.4, 0.5) is 11.4 Å². The maximum Gasteiger partial charge on any atom is 0.243 e. The highest BCUT2D eigenvalue weighted by Gasteiger charge is 2.32. The van der Waals surface area contributed by atoms with Crippen molar-refractivity contribution in [3.63, 3.8) is 0 Å². The number of amides is 1. The van der Waals surface area contributed by atoms with E-state index in [-0.39, 0.29) is 46.6 Å². The van der Waals surface area contributed by atoms with Gasteiger partial charge in [0.25, 0.3) is 0 Å². The Morgan fingerprint density at radius 1 is 0.943 bits per heavy atom. The average Bonchev–Trinajstić information content (AvgIpc) is 2.90. The number of anilines is 2. The lowest BCUT2D eigenvalue weighted by molar-refractivity contribution is -0.120. The Hall–Kier alpha value is -3.69. The fraction of sp³-hybridized carbons (Fsp3) is 0.231. The highest BCUT2D eigenvalue weighted by molar-refractivity contribution is 7.89. The maximum absolute atomic E-state index is 13.1. The van der Waals surface area contributed by atoms with Crippen LogP contribution in [0.5, 0.6) is 5.75 Å². The molecule has 35 heavy (non-hydrogen) atoms. The van der Waals surface area contributed by atoms with Gasteiger partial charge < -0.3 is 15.8 Å². The van der Waals surface area contributed by atoms with Gasteiger partial charge in [-0.05, 0) is 61.4 Å². The van der Waals surface area contributed by atoms with Gasteiger partial charge in [0.05, 0.1) is 23.4 Å². The molecule has 1 fully saturated rings. The predicted octanol–water partition coefficient (Wildman–Crippen LogP) is 3.55. The largest absolute Gasteiger partial charge is 0.497 e. The van der Waals surface area contributed by atoms with Gasteiger partial charge in [0, 0.05) is 30.1 Å². The molecule has 4 rings (SSSR count). The summed E-state index contributed by atoms with van der Waals surface area (Å²) in [4.78, 5) is 26.5. The average molecular weight is 494 g/mol. The second kappa shape index (κ2) is 10.3. The Bertz CT molecular complexity index is 1320. The number of nitrogens with one attached hydrogen (secondary N) is 1. The zero-order valence-electron chi connectivity index (χ0n) is 19.3. The standard InChI is InChI=1S/C26H27N3O5S/c1-34-20-12-10-18(11-13-20)25(30)22-8-5-9-23(27)24(22)28-26(31)19-14-16-29(17-15-19)35(32,33)21-6-3-2-4-7-21/h2-13,19H,14-17,27H2,1H3,(H,28,31). The van der Waals surface area contributed by atoms with Crippen LogP contribution < -0.4 is 15.8 Å². The molecular formula is C26H27N3O5S. The second-order valence-electron chi connectivity index (χ2n) is 8.31. The van der Waals surface area contributed by atoms with E-state index in [1.807, 2.05) is 0 Å². The summed E-state index contributed by atoms with van der Waals surface area (Å²) >= 11 is 0. The van der Waals surface area contributed by atoms with Crippen molar-refractivity contribution in [2.75, 3.05) is 31.2 Å². The lowest BCUT2D eigenvalue weighted by Gasteiger charge is -2.30. The summed E-state index contributed by atoms with van der Waals surface area (Å²) < 4.78 is 32.3. The van der Waals surface area contributed by atoms with Gasteiger partial charge in [-0.1, -0.05) is 24.3 Å². The first-order valence-corrected chi connectivity index (χ1v) is 12.7. The molecule has 0 atom stereocenters. The summed E-state index contributed by atoms with van der Waals surface area (Å²) in [6.07, 6.45) is 0.735. The molecule has 0 aliphatic carbocycles. The number of nitrogens with two attached hydrogens (primary N) is 1. The summed E-state index contributed by atoms with van der Waals surface area (Å²) in [6, 6.07) is 19.8. The molecule has 1 amide bonds. The number of sulfonamides is 1. The topological polar surface area (TPSA) is 119 Å². The summed E-state index contributed by atoms with van der Waals surface area (Å²) in [5.41, 5.74) is 7.39. The van der Waals surface area contributed by atoms with Crippen LogP contribution in [0, 0.1) is 5.92 Å². The van der Waals surface area contributed by atoms with Crippen molar-refractivity contribution >= 4 is 33.1 Å². The molecule has 1 heterocycles. The van der Waals surface area contributed by atoms with Crippen LogP contribution in [-0.2, 0) is 14.8 Å². The SMILES string of the molecule is COc1ccc(C(=O)c2cccc(N)c2NC(=O)C2CCN(S(=O)(=O)c3ccccc3)CC2)cc1. The second-order valence-corrected chi connectivity index (χ2v) is 10.2. The van der Waals surface area contributed by atoms with E-state index < -0.39 is 15.9 Å². The number of hydrogen-bond donors (Lipinski definition) is 2. The molecule has 1 aliphatic rings. The van der Waals surface area contributed by atoms with Crippen molar-refractivity contribution in [1.82, 2.24) is 4.31 Å². The molecule has 1 aliphatic heterocycles. The molecular weight excluding hydrogens is 466 g/mol. The van der Waals surface area contributed by atoms with Gasteiger partial charge in [0.1, 0.15) is 5.75 Å². The third-order valence-electron chi connectivity index (χ3n) is 6.15. The van der Waals surface area contributed by atoms with Gasteiger partial charge in [0.15, 0.2) is 5.78 Å². The molecule has 9 heteroatoms. The van der Waals surface area contributed by atoms with Gasteiger partial charge in [-0.15, -0.1) is 0 Å². The molecule has 182 valence electrons. The maximum atomic E-state index is 13.1. The number of piperidine rings is 1. The van der Waals surface area contributed by atoms with E-state index in [4.69, 9.17) is 10.5 Å². The molecule has 1 saturated heterocycles. The summed E-state index contributed by atoms with van der Waals surface area (Å²) in [6.45, 7) is 0.467. The fourth-order valence-corrected chi connectivity index (χ4v) is 5.61. The number of nitrogens with zero attached hydrogens (tertiary/aromatic N) is 1. The number of ketones is 1. The van der Waals surface area contributed by atoms with E-state index in [0.717, 1.165) is 0 Å². The van der Waals surface area contributed by atoms with Crippen LogP contribution in [0.1, 0.15) is 28.8 Å². The molecule has 0 radical (unpaired) electrons. The van der Waals surface area contributed by atoms with Crippen LogP contribution in [-0.4, -0.2) is 44.6 Å². The number of carbonyl (C=O) groups excluding carboxylic acids is 2. The lowest BCUT2D eigenvalue weighted by atomic mass is 9.96. The van der Waals surface area contributed by atoms with Crippen molar-refractivity contribution < 1.29 is 22.7 Å². The van der Waals surface area contributed by atoms with Crippen LogP contribution in [0.25, 0.3) is 0 Å². The molecule has 0 unspecified atom stereocenters. The molecule has 0 spiro atoms.